The van der Waals surface area contributed by atoms with Gasteiger partial charge < -0.3 is 41.2 Å². The molecule has 17 heteroatoms. The highest BCUT2D eigenvalue weighted by Gasteiger charge is 2.33. The quantitative estimate of drug-likeness (QED) is 0.0324. The standard InChI is InChI=1S/C53H95N7O10/c1-52(2,31-30-44(61)29-28-43-38-55-42-59-43)47(63)40-60-53(3,4)48(64)39-58-45(24-19-20-32-54)46(62)25-23-35-69-36-37-70-41-50(66)57-34-22-21-33-56-49(65)26-17-15-13-11-9-7-5-6-8-10-12-14-16-18-27-51(67)68/h38,42,45,58,60H,5-37,39-41,54H2,1-4H3,(H,55,59)(H,56,65)(H,57,66)(H,67,68)/t45-/m0/s1. The van der Waals surface area contributed by atoms with Gasteiger partial charge in [-0.25, -0.2) is 4.98 Å². The van der Waals surface area contributed by atoms with Crippen LogP contribution in [0.4, 0.5) is 0 Å². The number of rotatable bonds is 50. The van der Waals surface area contributed by atoms with E-state index in [1.165, 1.54) is 57.8 Å². The number of H-pyrrole nitrogens is 1. The molecule has 0 aliphatic heterocycles. The van der Waals surface area contributed by atoms with Gasteiger partial charge in [0.05, 0.1) is 44.2 Å². The number of Topliss-reactive ketones (excluding diaryl/α,β-unsaturated/α-hetero) is 4. The lowest BCUT2D eigenvalue weighted by atomic mass is 9.82. The zero-order valence-corrected chi connectivity index (χ0v) is 43.8. The van der Waals surface area contributed by atoms with Gasteiger partial charge in [-0.3, -0.25) is 38.9 Å². The number of carboxylic acids is 1. The van der Waals surface area contributed by atoms with Gasteiger partial charge in [0.2, 0.25) is 11.8 Å². The fraction of sp³-hybridized carbons (Fsp3) is 0.811. The first kappa shape index (κ1) is 64.1. The molecule has 0 saturated carbocycles. The van der Waals surface area contributed by atoms with E-state index >= 15 is 0 Å². The number of nitrogens with zero attached hydrogens (tertiary/aromatic N) is 1. The molecule has 70 heavy (non-hydrogen) atoms. The summed E-state index contributed by atoms with van der Waals surface area (Å²) in [7, 11) is 0. The summed E-state index contributed by atoms with van der Waals surface area (Å²) in [6.45, 7) is 9.38. The lowest BCUT2D eigenvalue weighted by Crippen LogP contribution is -2.54. The Morgan fingerprint density at radius 1 is 0.643 bits per heavy atom. The number of carbonyl (C=O) groups excluding carboxylic acids is 6. The van der Waals surface area contributed by atoms with Gasteiger partial charge in [0, 0.05) is 69.1 Å². The Balaban J connectivity index is 2.10. The molecule has 1 aromatic rings. The van der Waals surface area contributed by atoms with Gasteiger partial charge in [-0.15, -0.1) is 0 Å². The van der Waals surface area contributed by atoms with E-state index in [1.54, 1.807) is 26.4 Å². The molecular formula is C53H95N7O10. The molecule has 0 saturated heterocycles. The molecule has 402 valence electrons. The zero-order valence-electron chi connectivity index (χ0n) is 43.8. The monoisotopic (exact) mass is 990 g/mol. The van der Waals surface area contributed by atoms with Crippen molar-refractivity contribution in [2.75, 3.05) is 59.2 Å². The van der Waals surface area contributed by atoms with Crippen LogP contribution in [0, 0.1) is 5.41 Å². The van der Waals surface area contributed by atoms with E-state index in [1.807, 2.05) is 13.8 Å². The smallest absolute Gasteiger partial charge is 0.303 e. The maximum absolute atomic E-state index is 13.3. The number of aromatic amines is 1. The van der Waals surface area contributed by atoms with E-state index in [9.17, 15) is 33.6 Å². The fourth-order valence-electron chi connectivity index (χ4n) is 7.79. The van der Waals surface area contributed by atoms with Crippen molar-refractivity contribution in [3.8, 4) is 0 Å². The van der Waals surface area contributed by atoms with Gasteiger partial charge in [-0.05, 0) is 78.2 Å². The molecule has 0 radical (unpaired) electrons. The van der Waals surface area contributed by atoms with Crippen LogP contribution in [0.1, 0.15) is 200 Å². The van der Waals surface area contributed by atoms with Crippen LogP contribution < -0.4 is 27.0 Å². The summed E-state index contributed by atoms with van der Waals surface area (Å²) in [5, 5.41) is 20.7. The van der Waals surface area contributed by atoms with Gasteiger partial charge in [0.1, 0.15) is 18.2 Å². The Morgan fingerprint density at radius 2 is 1.23 bits per heavy atom. The van der Waals surface area contributed by atoms with Crippen molar-refractivity contribution in [2.45, 2.75) is 213 Å². The Labute approximate surface area is 420 Å². The van der Waals surface area contributed by atoms with Crippen LogP contribution in [0.2, 0.25) is 0 Å². The molecule has 0 aliphatic carbocycles. The first-order valence-electron chi connectivity index (χ1n) is 26.7. The number of amides is 2. The van der Waals surface area contributed by atoms with Crippen molar-refractivity contribution in [1.29, 1.82) is 0 Å². The number of nitrogens with one attached hydrogen (secondary N) is 5. The molecule has 8 N–H and O–H groups in total. The molecule has 17 nitrogen and oxygen atoms in total. The average molecular weight is 990 g/mol. The van der Waals surface area contributed by atoms with E-state index in [0.29, 0.717) is 77.6 Å². The number of hydrogen-bond donors (Lipinski definition) is 7. The molecule has 0 bridgehead atoms. The predicted octanol–water partition coefficient (Wildman–Crippen LogP) is 7.03. The lowest BCUT2D eigenvalue weighted by molar-refractivity contribution is -0.137. The average Bonchev–Trinajstić information content (AvgIpc) is 3.86. The highest BCUT2D eigenvalue weighted by molar-refractivity contribution is 5.92. The molecule has 2 amide bonds. The van der Waals surface area contributed by atoms with Crippen LogP contribution in [0.3, 0.4) is 0 Å². The molecule has 0 aliphatic rings. The topological polar surface area (TPSA) is 261 Å². The number of hydrogen-bond acceptors (Lipinski definition) is 13. The SMILES string of the molecule is CC(C)(CCC(=O)CCc1cnc[nH]1)C(=O)CNC(C)(C)C(=O)CN[C@@H](CCCCN)C(=O)CCCOCCOCC(=O)NCCCCNC(=O)CCCCCCCCCCCCCCCCC(=O)O. The highest BCUT2D eigenvalue weighted by Crippen LogP contribution is 2.25. The fourth-order valence-corrected chi connectivity index (χ4v) is 7.79. The summed E-state index contributed by atoms with van der Waals surface area (Å²) in [5.74, 6) is -1.03. The summed E-state index contributed by atoms with van der Waals surface area (Å²) < 4.78 is 11.1. The Hall–Kier alpha value is -3.90. The third-order valence-electron chi connectivity index (χ3n) is 12.9. The number of aryl methyl sites for hydroxylation is 1. The molecule has 1 aromatic heterocycles. The van der Waals surface area contributed by atoms with Crippen molar-refractivity contribution in [2.24, 2.45) is 11.1 Å². The number of aromatic nitrogens is 2. The number of unbranched alkanes of at least 4 members (excludes halogenated alkanes) is 15. The van der Waals surface area contributed by atoms with Gasteiger partial charge in [0.15, 0.2) is 11.6 Å². The van der Waals surface area contributed by atoms with E-state index < -0.39 is 23.0 Å². The first-order chi connectivity index (χ1) is 33.6. The Kier molecular flexibility index (Phi) is 37.2. The van der Waals surface area contributed by atoms with E-state index in [0.717, 1.165) is 63.5 Å². The second-order valence-corrected chi connectivity index (χ2v) is 20.0. The molecule has 0 unspecified atom stereocenters. The molecular weight excluding hydrogens is 895 g/mol. The minimum absolute atomic E-state index is 0.0160. The summed E-state index contributed by atoms with van der Waals surface area (Å²) in [4.78, 5) is 94.0. The number of ketones is 4. The number of carboxylic acid groups (broad SMARTS) is 1. The number of imidazole rings is 1. The van der Waals surface area contributed by atoms with E-state index in [-0.39, 0.29) is 74.3 Å². The molecule has 0 spiro atoms. The summed E-state index contributed by atoms with van der Waals surface area (Å²) >= 11 is 0. The van der Waals surface area contributed by atoms with Crippen LogP contribution in [0.25, 0.3) is 0 Å². The van der Waals surface area contributed by atoms with Crippen LogP contribution in [0.15, 0.2) is 12.5 Å². The number of ether oxygens (including phenoxy) is 2. The second kappa shape index (κ2) is 40.7. The third kappa shape index (κ3) is 35.2. The third-order valence-corrected chi connectivity index (χ3v) is 12.9. The number of nitrogens with two attached hydrogens (primary N) is 1. The minimum Gasteiger partial charge on any atom is -0.481 e. The van der Waals surface area contributed by atoms with Gasteiger partial charge in [-0.2, -0.15) is 0 Å². The van der Waals surface area contributed by atoms with Gasteiger partial charge in [-0.1, -0.05) is 97.3 Å². The maximum atomic E-state index is 13.3. The van der Waals surface area contributed by atoms with Crippen molar-refractivity contribution in [3.05, 3.63) is 18.2 Å². The normalized spacial score (nSPS) is 12.2. The number of aliphatic carboxylic acids is 1. The molecule has 1 heterocycles. The molecule has 0 aromatic carbocycles. The summed E-state index contributed by atoms with van der Waals surface area (Å²) in [5.41, 5.74) is 4.82. The predicted molar refractivity (Wildman–Crippen MR) is 274 cm³/mol. The number of carbonyl (C=O) groups is 7. The van der Waals surface area contributed by atoms with Crippen molar-refractivity contribution in [3.63, 3.8) is 0 Å². The van der Waals surface area contributed by atoms with Crippen molar-refractivity contribution >= 4 is 40.9 Å². The Morgan fingerprint density at radius 3 is 1.81 bits per heavy atom. The molecule has 0 fully saturated rings. The lowest BCUT2D eigenvalue weighted by Gasteiger charge is -2.29. The van der Waals surface area contributed by atoms with E-state index in [2.05, 4.69) is 31.2 Å². The Bertz CT molecular complexity index is 1590. The van der Waals surface area contributed by atoms with Gasteiger partial charge >= 0.3 is 5.97 Å². The van der Waals surface area contributed by atoms with Crippen LogP contribution in [-0.2, 0) is 49.5 Å². The maximum Gasteiger partial charge on any atom is 0.303 e. The van der Waals surface area contributed by atoms with E-state index in [4.69, 9.17) is 20.3 Å². The minimum atomic E-state index is -1.03. The molecule has 1 atom stereocenters. The van der Waals surface area contributed by atoms with Gasteiger partial charge in [0.25, 0.3) is 0 Å². The summed E-state index contributed by atoms with van der Waals surface area (Å²) in [6, 6.07) is -0.520. The van der Waals surface area contributed by atoms with Crippen molar-refractivity contribution in [1.82, 2.24) is 31.2 Å². The zero-order chi connectivity index (χ0) is 51.7. The largest absolute Gasteiger partial charge is 0.481 e. The van der Waals surface area contributed by atoms with Crippen LogP contribution in [-0.4, -0.2) is 127 Å². The van der Waals surface area contributed by atoms with Crippen LogP contribution in [0.5, 0.6) is 0 Å². The highest BCUT2D eigenvalue weighted by atomic mass is 16.5. The molecule has 1 rings (SSSR count). The second-order valence-electron chi connectivity index (χ2n) is 20.0. The summed E-state index contributed by atoms with van der Waals surface area (Å²) in [6.07, 6.45) is 26.2. The first-order valence-corrected chi connectivity index (χ1v) is 26.7. The van der Waals surface area contributed by atoms with Crippen LogP contribution >= 0.6 is 0 Å². The van der Waals surface area contributed by atoms with Crippen molar-refractivity contribution < 1.29 is 48.1 Å².